The summed E-state index contributed by atoms with van der Waals surface area (Å²) in [5, 5.41) is 0.339. The van der Waals surface area contributed by atoms with Crippen LogP contribution in [0.2, 0.25) is 10.0 Å². The van der Waals surface area contributed by atoms with Gasteiger partial charge in [-0.25, -0.2) is 0 Å². The molecule has 0 saturated carbocycles. The van der Waals surface area contributed by atoms with E-state index in [4.69, 9.17) is 28.9 Å². The minimum atomic E-state index is -4.45. The predicted molar refractivity (Wildman–Crippen MR) is 93.4 cm³/mol. The molecule has 0 aliphatic rings. The van der Waals surface area contributed by atoms with Gasteiger partial charge >= 0.3 is 6.18 Å². The number of alkyl halides is 3. The Morgan fingerprint density at radius 1 is 1.08 bits per heavy atom. The second-order valence-corrected chi connectivity index (χ2v) is 6.34. The largest absolute Gasteiger partial charge is 0.399 e. The molecule has 6 heteroatoms. The number of aryl methyl sites for hydroxylation is 1. The van der Waals surface area contributed by atoms with Gasteiger partial charge in [-0.05, 0) is 47.4 Å². The van der Waals surface area contributed by atoms with Crippen LogP contribution in [0.5, 0.6) is 0 Å². The average molecular weight is 374 g/mol. The molecule has 0 fully saturated rings. The Morgan fingerprint density at radius 3 is 2.21 bits per heavy atom. The van der Waals surface area contributed by atoms with Crippen molar-refractivity contribution >= 4 is 29.3 Å². The Bertz CT molecular complexity index is 734. The molecule has 0 radical (unpaired) electrons. The normalized spacial score (nSPS) is 13.5. The smallest absolute Gasteiger partial charge is 0.326 e. The lowest BCUT2D eigenvalue weighted by Gasteiger charge is -2.18. The van der Waals surface area contributed by atoms with Gasteiger partial charge in [0.1, 0.15) is 0 Å². The highest BCUT2D eigenvalue weighted by atomic mass is 35.5. The number of benzene rings is 2. The molecule has 0 heterocycles. The van der Waals surface area contributed by atoms with Gasteiger partial charge in [0.2, 0.25) is 0 Å². The third-order valence-electron chi connectivity index (χ3n) is 3.66. The van der Waals surface area contributed by atoms with E-state index in [1.807, 2.05) is 13.0 Å². The standard InChI is InChI=1S/C18H16Cl2F3N/c1-11-6-12(2-4-13(11)10-24)3-5-17(18(21,22)23)14-7-15(19)9-16(20)8-14/h2-9,17H,10,24H2,1H3/b5-3+. The molecule has 0 bridgehead atoms. The molecule has 2 N–H and O–H groups in total. The molecule has 2 aromatic rings. The van der Waals surface area contributed by atoms with Gasteiger partial charge in [0.25, 0.3) is 0 Å². The molecule has 0 saturated heterocycles. The summed E-state index contributed by atoms with van der Waals surface area (Å²) in [6, 6.07) is 9.31. The molecule has 2 aromatic carbocycles. The summed E-state index contributed by atoms with van der Waals surface area (Å²) in [5.41, 5.74) is 8.17. The van der Waals surface area contributed by atoms with E-state index in [2.05, 4.69) is 0 Å². The summed E-state index contributed by atoms with van der Waals surface area (Å²) in [4.78, 5) is 0. The Kier molecular flexibility index (Phi) is 5.97. The molecule has 0 spiro atoms. The molecule has 0 aromatic heterocycles. The molecular weight excluding hydrogens is 358 g/mol. The van der Waals surface area contributed by atoms with E-state index in [0.717, 1.165) is 17.2 Å². The van der Waals surface area contributed by atoms with Crippen LogP contribution in [-0.2, 0) is 6.54 Å². The quantitative estimate of drug-likeness (QED) is 0.686. The number of hydrogen-bond acceptors (Lipinski definition) is 1. The second-order valence-electron chi connectivity index (χ2n) is 5.47. The second kappa shape index (κ2) is 7.60. The van der Waals surface area contributed by atoms with E-state index < -0.39 is 12.1 Å². The van der Waals surface area contributed by atoms with Crippen molar-refractivity contribution in [1.82, 2.24) is 0 Å². The Morgan fingerprint density at radius 2 is 1.71 bits per heavy atom. The number of hydrogen-bond donors (Lipinski definition) is 1. The fourth-order valence-electron chi connectivity index (χ4n) is 2.42. The van der Waals surface area contributed by atoms with E-state index in [9.17, 15) is 13.2 Å². The molecule has 1 unspecified atom stereocenters. The molecule has 0 aliphatic carbocycles. The van der Waals surface area contributed by atoms with Crippen molar-refractivity contribution < 1.29 is 13.2 Å². The van der Waals surface area contributed by atoms with Crippen molar-refractivity contribution in [3.63, 3.8) is 0 Å². The van der Waals surface area contributed by atoms with Gasteiger partial charge < -0.3 is 5.73 Å². The predicted octanol–water partition coefficient (Wildman–Crippen LogP) is 6.12. The Hall–Kier alpha value is -1.49. The van der Waals surface area contributed by atoms with E-state index in [0.29, 0.717) is 12.1 Å². The van der Waals surface area contributed by atoms with Crippen LogP contribution in [0.25, 0.3) is 6.08 Å². The summed E-state index contributed by atoms with van der Waals surface area (Å²) in [5.74, 6) is -1.79. The summed E-state index contributed by atoms with van der Waals surface area (Å²) in [7, 11) is 0. The Balaban J connectivity index is 2.38. The van der Waals surface area contributed by atoms with Crippen molar-refractivity contribution in [1.29, 1.82) is 0 Å². The molecule has 128 valence electrons. The summed E-state index contributed by atoms with van der Waals surface area (Å²) in [6.45, 7) is 2.26. The molecule has 1 nitrogen and oxygen atoms in total. The van der Waals surface area contributed by atoms with Crippen molar-refractivity contribution in [3.05, 3.63) is 74.8 Å². The van der Waals surface area contributed by atoms with Gasteiger partial charge in [-0.1, -0.05) is 53.6 Å². The van der Waals surface area contributed by atoms with Gasteiger partial charge in [-0.3, -0.25) is 0 Å². The number of halogens is 5. The van der Waals surface area contributed by atoms with Crippen molar-refractivity contribution in [2.24, 2.45) is 5.73 Å². The zero-order valence-electron chi connectivity index (χ0n) is 12.9. The highest BCUT2D eigenvalue weighted by Crippen LogP contribution is 2.38. The third-order valence-corrected chi connectivity index (χ3v) is 4.10. The van der Waals surface area contributed by atoms with E-state index >= 15 is 0 Å². The SMILES string of the molecule is Cc1cc(/C=C/C(c2cc(Cl)cc(Cl)c2)C(F)(F)F)ccc1CN. The minimum absolute atomic E-state index is 0.00607. The van der Waals surface area contributed by atoms with E-state index in [-0.39, 0.29) is 15.6 Å². The molecule has 1 atom stereocenters. The first-order valence-electron chi connectivity index (χ1n) is 7.21. The van der Waals surface area contributed by atoms with Crippen LogP contribution >= 0.6 is 23.2 Å². The monoisotopic (exact) mass is 373 g/mol. The first-order valence-corrected chi connectivity index (χ1v) is 7.97. The molecule has 0 aliphatic heterocycles. The Labute approximate surface area is 148 Å². The number of allylic oxidation sites excluding steroid dienone is 1. The molecular formula is C18H16Cl2F3N. The van der Waals surface area contributed by atoms with Gasteiger partial charge in [0.15, 0.2) is 0 Å². The lowest BCUT2D eigenvalue weighted by Crippen LogP contribution is -2.18. The van der Waals surface area contributed by atoms with Gasteiger partial charge in [0.05, 0.1) is 5.92 Å². The van der Waals surface area contributed by atoms with E-state index in [1.54, 1.807) is 12.1 Å². The summed E-state index contributed by atoms with van der Waals surface area (Å²) >= 11 is 11.7. The first kappa shape index (κ1) is 18.8. The fraction of sp³-hybridized carbons (Fsp3) is 0.222. The number of nitrogens with two attached hydrogens (primary N) is 1. The van der Waals surface area contributed by atoms with Crippen LogP contribution in [-0.4, -0.2) is 6.18 Å². The molecule has 2 rings (SSSR count). The van der Waals surface area contributed by atoms with Crippen molar-refractivity contribution in [2.75, 3.05) is 0 Å². The highest BCUT2D eigenvalue weighted by molar-refractivity contribution is 6.34. The zero-order valence-corrected chi connectivity index (χ0v) is 14.4. The van der Waals surface area contributed by atoms with Crippen molar-refractivity contribution in [2.45, 2.75) is 25.6 Å². The van der Waals surface area contributed by atoms with Crippen molar-refractivity contribution in [3.8, 4) is 0 Å². The summed E-state index contributed by atoms with van der Waals surface area (Å²) < 4.78 is 40.2. The average Bonchev–Trinajstić information content (AvgIpc) is 2.45. The van der Waals surface area contributed by atoms with Gasteiger partial charge in [0, 0.05) is 16.6 Å². The zero-order chi connectivity index (χ0) is 17.9. The van der Waals surface area contributed by atoms with Gasteiger partial charge in [-0.15, -0.1) is 0 Å². The topological polar surface area (TPSA) is 26.0 Å². The minimum Gasteiger partial charge on any atom is -0.326 e. The van der Waals surface area contributed by atoms with E-state index in [1.165, 1.54) is 24.3 Å². The number of rotatable bonds is 4. The maximum atomic E-state index is 13.4. The third kappa shape index (κ3) is 4.76. The first-order chi connectivity index (χ1) is 11.2. The van der Waals surface area contributed by atoms with Crippen LogP contribution < -0.4 is 5.73 Å². The van der Waals surface area contributed by atoms with Crippen LogP contribution in [0.15, 0.2) is 42.5 Å². The van der Waals surface area contributed by atoms with Crippen LogP contribution in [0, 0.1) is 6.92 Å². The maximum Gasteiger partial charge on any atom is 0.399 e. The van der Waals surface area contributed by atoms with Crippen LogP contribution in [0.4, 0.5) is 13.2 Å². The van der Waals surface area contributed by atoms with Crippen LogP contribution in [0.1, 0.15) is 28.2 Å². The van der Waals surface area contributed by atoms with Gasteiger partial charge in [-0.2, -0.15) is 13.2 Å². The summed E-state index contributed by atoms with van der Waals surface area (Å²) in [6.07, 6.45) is -1.89. The van der Waals surface area contributed by atoms with Crippen LogP contribution in [0.3, 0.4) is 0 Å². The lowest BCUT2D eigenvalue weighted by molar-refractivity contribution is -0.139. The lowest BCUT2D eigenvalue weighted by atomic mass is 9.96. The molecule has 0 amide bonds. The fourth-order valence-corrected chi connectivity index (χ4v) is 2.97. The maximum absolute atomic E-state index is 13.4. The molecule has 24 heavy (non-hydrogen) atoms. The highest BCUT2D eigenvalue weighted by Gasteiger charge is 2.39.